The first-order valence-electron chi connectivity index (χ1n) is 6.53. The fraction of sp³-hybridized carbons (Fsp3) is 0.333. The van der Waals surface area contributed by atoms with Gasteiger partial charge in [-0.2, -0.15) is 0 Å². The summed E-state index contributed by atoms with van der Waals surface area (Å²) in [6, 6.07) is 0. The van der Waals surface area contributed by atoms with Gasteiger partial charge in [0.05, 0.1) is 18.9 Å². The maximum absolute atomic E-state index is 11.3. The molecule has 1 fully saturated rings. The van der Waals surface area contributed by atoms with E-state index in [-0.39, 0.29) is 6.61 Å². The third-order valence-electron chi connectivity index (χ3n) is 2.93. The standard InChI is InChI=1S/C15H17NO4S/c1-3-10(14(17)18-2)5-4-8-19-9-12-15(21)20-13(16-12)11-6-7-11/h3-5,8,11,21H,1,6-7,9H2,2H3/b8-4+,10-5+. The summed E-state index contributed by atoms with van der Waals surface area (Å²) in [5.74, 6) is 0.735. The number of nitrogens with zero attached hydrogens (tertiary/aromatic N) is 1. The molecule has 0 N–H and O–H groups in total. The monoisotopic (exact) mass is 307 g/mol. The summed E-state index contributed by atoms with van der Waals surface area (Å²) < 4.78 is 15.4. The molecule has 0 bridgehead atoms. The molecular weight excluding hydrogens is 290 g/mol. The molecule has 1 aliphatic carbocycles. The summed E-state index contributed by atoms with van der Waals surface area (Å²) in [6.07, 6.45) is 8.27. The first-order chi connectivity index (χ1) is 10.2. The van der Waals surface area contributed by atoms with Crippen LogP contribution in [0, 0.1) is 0 Å². The number of carbonyl (C=O) groups is 1. The van der Waals surface area contributed by atoms with Gasteiger partial charge in [-0.3, -0.25) is 0 Å². The van der Waals surface area contributed by atoms with E-state index in [2.05, 4.69) is 28.9 Å². The van der Waals surface area contributed by atoms with Crippen molar-refractivity contribution in [1.82, 2.24) is 4.98 Å². The second-order valence-corrected chi connectivity index (χ2v) is 4.94. The predicted octanol–water partition coefficient (Wildman–Crippen LogP) is 3.16. The van der Waals surface area contributed by atoms with Crippen molar-refractivity contribution in [1.29, 1.82) is 0 Å². The lowest BCUT2D eigenvalue weighted by Gasteiger charge is -1.98. The Balaban J connectivity index is 1.86. The van der Waals surface area contributed by atoms with Crippen molar-refractivity contribution in [3.63, 3.8) is 0 Å². The number of hydrogen-bond acceptors (Lipinski definition) is 6. The zero-order valence-electron chi connectivity index (χ0n) is 11.7. The van der Waals surface area contributed by atoms with Crippen LogP contribution in [-0.2, 0) is 20.9 Å². The van der Waals surface area contributed by atoms with Gasteiger partial charge in [-0.25, -0.2) is 9.78 Å². The van der Waals surface area contributed by atoms with Gasteiger partial charge in [0.15, 0.2) is 11.0 Å². The van der Waals surface area contributed by atoms with Gasteiger partial charge < -0.3 is 13.9 Å². The Hall–Kier alpha value is -1.95. The molecule has 21 heavy (non-hydrogen) atoms. The molecule has 1 aromatic rings. The van der Waals surface area contributed by atoms with E-state index in [9.17, 15) is 4.79 Å². The third kappa shape index (κ3) is 4.26. The number of rotatable bonds is 7. The molecule has 1 heterocycles. The summed E-state index contributed by atoms with van der Waals surface area (Å²) in [4.78, 5) is 15.6. The topological polar surface area (TPSA) is 61.6 Å². The maximum atomic E-state index is 11.3. The van der Waals surface area contributed by atoms with Crippen LogP contribution in [0.2, 0.25) is 0 Å². The zero-order valence-corrected chi connectivity index (χ0v) is 12.6. The summed E-state index contributed by atoms with van der Waals surface area (Å²) in [5, 5.41) is 0.488. The zero-order chi connectivity index (χ0) is 15.2. The van der Waals surface area contributed by atoms with E-state index in [0.29, 0.717) is 22.3 Å². The Morgan fingerprint density at radius 2 is 2.33 bits per heavy atom. The fourth-order valence-corrected chi connectivity index (χ4v) is 1.83. The van der Waals surface area contributed by atoms with Crippen LogP contribution in [0.4, 0.5) is 0 Å². The summed E-state index contributed by atoms with van der Waals surface area (Å²) in [5.41, 5.74) is 1.02. The molecular formula is C15H17NO4S. The Labute approximate surface area is 128 Å². The van der Waals surface area contributed by atoms with Crippen LogP contribution in [0.25, 0.3) is 0 Å². The Bertz CT molecular complexity index is 584. The Kier molecular flexibility index (Phi) is 5.27. The molecule has 0 atom stereocenters. The van der Waals surface area contributed by atoms with Gasteiger partial charge in [-0.05, 0) is 25.0 Å². The van der Waals surface area contributed by atoms with Crippen molar-refractivity contribution >= 4 is 18.6 Å². The molecule has 0 saturated heterocycles. The molecule has 0 aliphatic heterocycles. The molecule has 0 spiro atoms. The number of aromatic nitrogens is 1. The number of oxazole rings is 1. The van der Waals surface area contributed by atoms with Crippen LogP contribution < -0.4 is 0 Å². The van der Waals surface area contributed by atoms with Crippen molar-refractivity contribution in [2.75, 3.05) is 7.11 Å². The van der Waals surface area contributed by atoms with Crippen molar-refractivity contribution in [3.8, 4) is 0 Å². The van der Waals surface area contributed by atoms with Gasteiger partial charge in [0, 0.05) is 5.92 Å². The van der Waals surface area contributed by atoms with Crippen molar-refractivity contribution in [3.05, 3.63) is 48.2 Å². The average molecular weight is 307 g/mol. The molecule has 2 rings (SSSR count). The van der Waals surface area contributed by atoms with E-state index in [0.717, 1.165) is 18.7 Å². The first-order valence-corrected chi connectivity index (χ1v) is 6.98. The molecule has 1 aromatic heterocycles. The normalized spacial score (nSPS) is 15.2. The lowest BCUT2D eigenvalue weighted by Crippen LogP contribution is -2.01. The van der Waals surface area contributed by atoms with E-state index in [1.807, 2.05) is 0 Å². The third-order valence-corrected chi connectivity index (χ3v) is 3.28. The SMILES string of the molecule is C=C/C(=C\C=C\OCc1nc(C2CC2)oc1S)C(=O)OC. The molecule has 112 valence electrons. The van der Waals surface area contributed by atoms with Gasteiger partial charge in [0.2, 0.25) is 0 Å². The minimum absolute atomic E-state index is 0.265. The van der Waals surface area contributed by atoms with E-state index in [1.54, 1.807) is 12.2 Å². The number of ether oxygens (including phenoxy) is 2. The lowest BCUT2D eigenvalue weighted by molar-refractivity contribution is -0.135. The van der Waals surface area contributed by atoms with E-state index >= 15 is 0 Å². The van der Waals surface area contributed by atoms with E-state index in [4.69, 9.17) is 9.15 Å². The number of hydrogen-bond donors (Lipinski definition) is 1. The minimum Gasteiger partial charge on any atom is -0.495 e. The Morgan fingerprint density at radius 3 is 2.95 bits per heavy atom. The van der Waals surface area contributed by atoms with E-state index < -0.39 is 5.97 Å². The molecule has 1 aliphatic rings. The summed E-state index contributed by atoms with van der Waals surface area (Å²) in [7, 11) is 1.32. The van der Waals surface area contributed by atoms with Crippen LogP contribution >= 0.6 is 12.6 Å². The molecule has 0 radical (unpaired) electrons. The molecule has 0 amide bonds. The van der Waals surface area contributed by atoms with Crippen LogP contribution in [0.5, 0.6) is 0 Å². The second kappa shape index (κ2) is 7.17. The summed E-state index contributed by atoms with van der Waals surface area (Å²) in [6.45, 7) is 3.80. The maximum Gasteiger partial charge on any atom is 0.337 e. The van der Waals surface area contributed by atoms with Gasteiger partial charge >= 0.3 is 5.97 Å². The largest absolute Gasteiger partial charge is 0.495 e. The number of allylic oxidation sites excluding steroid dienone is 2. The van der Waals surface area contributed by atoms with Crippen LogP contribution in [0.15, 0.2) is 46.2 Å². The Morgan fingerprint density at radius 1 is 1.57 bits per heavy atom. The second-order valence-electron chi connectivity index (χ2n) is 4.54. The average Bonchev–Trinajstić information content (AvgIpc) is 3.27. The van der Waals surface area contributed by atoms with Crippen LogP contribution in [0.1, 0.15) is 30.3 Å². The highest BCUT2D eigenvalue weighted by atomic mass is 32.1. The molecule has 0 unspecified atom stereocenters. The number of esters is 1. The highest BCUT2D eigenvalue weighted by molar-refractivity contribution is 7.80. The van der Waals surface area contributed by atoms with Crippen molar-refractivity contribution in [2.45, 2.75) is 30.5 Å². The first kappa shape index (κ1) is 15.4. The van der Waals surface area contributed by atoms with Gasteiger partial charge in [0.1, 0.15) is 12.3 Å². The van der Waals surface area contributed by atoms with Crippen LogP contribution in [0.3, 0.4) is 0 Å². The molecule has 5 nitrogen and oxygen atoms in total. The van der Waals surface area contributed by atoms with Gasteiger partial charge in [0.25, 0.3) is 0 Å². The molecule has 6 heteroatoms. The fourth-order valence-electron chi connectivity index (χ4n) is 1.62. The van der Waals surface area contributed by atoms with Crippen molar-refractivity contribution in [2.24, 2.45) is 0 Å². The lowest BCUT2D eigenvalue weighted by atomic mass is 10.2. The van der Waals surface area contributed by atoms with Crippen molar-refractivity contribution < 1.29 is 18.7 Å². The number of carbonyl (C=O) groups excluding carboxylic acids is 1. The molecule has 0 aromatic carbocycles. The molecule has 1 saturated carbocycles. The van der Waals surface area contributed by atoms with Gasteiger partial charge in [-0.15, -0.1) is 12.6 Å². The number of thiol groups is 1. The smallest absolute Gasteiger partial charge is 0.337 e. The summed E-state index contributed by atoms with van der Waals surface area (Å²) >= 11 is 4.23. The highest BCUT2D eigenvalue weighted by Crippen LogP contribution is 2.40. The predicted molar refractivity (Wildman–Crippen MR) is 80.0 cm³/mol. The quantitative estimate of drug-likeness (QED) is 0.276. The highest BCUT2D eigenvalue weighted by Gasteiger charge is 2.29. The minimum atomic E-state index is -0.446. The van der Waals surface area contributed by atoms with E-state index in [1.165, 1.54) is 19.4 Å². The number of methoxy groups -OCH3 is 1. The van der Waals surface area contributed by atoms with Gasteiger partial charge in [-0.1, -0.05) is 12.7 Å². The van der Waals surface area contributed by atoms with Crippen LogP contribution in [-0.4, -0.2) is 18.1 Å².